The lowest BCUT2D eigenvalue weighted by atomic mass is 9.92. The van der Waals surface area contributed by atoms with Crippen molar-refractivity contribution in [1.82, 2.24) is 4.90 Å². The molecule has 0 aliphatic carbocycles. The molecule has 0 radical (unpaired) electrons. The first-order valence-electron chi connectivity index (χ1n) is 4.73. The Morgan fingerprint density at radius 2 is 2.50 bits per heavy atom. The lowest BCUT2D eigenvalue weighted by Gasteiger charge is -2.27. The molecule has 2 atom stereocenters. The van der Waals surface area contributed by atoms with E-state index < -0.39 is 11.7 Å². The number of ether oxygens (including phenoxy) is 1. The molecule has 0 N–H and O–H groups in total. The van der Waals surface area contributed by atoms with E-state index in [2.05, 4.69) is 6.58 Å². The Hall–Kier alpha value is -0.900. The third-order valence-electron chi connectivity index (χ3n) is 3.11. The number of alkyl halides is 1. The molecule has 14 heavy (non-hydrogen) atoms. The molecule has 2 saturated heterocycles. The van der Waals surface area contributed by atoms with Gasteiger partial charge in [-0.1, -0.05) is 12.2 Å². The van der Waals surface area contributed by atoms with Gasteiger partial charge < -0.3 is 4.74 Å². The maximum absolute atomic E-state index is 13.2. The molecule has 0 saturated carbocycles. The molecular formula is C10H14FNO2. The van der Waals surface area contributed by atoms with Crippen molar-refractivity contribution < 1.29 is 13.9 Å². The fourth-order valence-electron chi connectivity index (χ4n) is 2.59. The van der Waals surface area contributed by atoms with Gasteiger partial charge in [0.05, 0.1) is 7.11 Å². The van der Waals surface area contributed by atoms with Crippen LogP contribution in [-0.2, 0) is 9.53 Å². The van der Waals surface area contributed by atoms with Crippen LogP contribution in [0.4, 0.5) is 4.39 Å². The Morgan fingerprint density at radius 3 is 3.14 bits per heavy atom. The van der Waals surface area contributed by atoms with E-state index >= 15 is 0 Å². The maximum atomic E-state index is 13.2. The number of fused-ring (bicyclic) bond motifs is 1. The normalized spacial score (nSPS) is 37.3. The zero-order valence-corrected chi connectivity index (χ0v) is 8.25. The summed E-state index contributed by atoms with van der Waals surface area (Å²) in [7, 11) is 1.35. The van der Waals surface area contributed by atoms with Crippen LogP contribution in [0.25, 0.3) is 0 Å². The molecule has 2 rings (SSSR count). The van der Waals surface area contributed by atoms with E-state index in [9.17, 15) is 9.18 Å². The van der Waals surface area contributed by atoms with Crippen LogP contribution >= 0.6 is 0 Å². The Morgan fingerprint density at radius 1 is 1.79 bits per heavy atom. The standard InChI is InChI=1S/C10H14FNO2/c1-7-3-10(9(13)14-2)4-8(11)6-12(10)5-7/h8H,1,3-6H2,2H3/t8-,10+/m1/s1. The molecule has 2 aliphatic heterocycles. The summed E-state index contributed by atoms with van der Waals surface area (Å²) in [4.78, 5) is 13.5. The Labute approximate surface area is 82.5 Å². The van der Waals surface area contributed by atoms with Crippen LogP contribution < -0.4 is 0 Å². The molecular weight excluding hydrogens is 185 g/mol. The van der Waals surface area contributed by atoms with Gasteiger partial charge in [0.1, 0.15) is 11.7 Å². The average Bonchev–Trinajstić information content (AvgIpc) is 2.55. The van der Waals surface area contributed by atoms with Gasteiger partial charge in [0.2, 0.25) is 0 Å². The van der Waals surface area contributed by atoms with Crippen molar-refractivity contribution in [2.24, 2.45) is 0 Å². The second-order valence-electron chi connectivity index (χ2n) is 4.13. The number of rotatable bonds is 1. The molecule has 4 heteroatoms. The van der Waals surface area contributed by atoms with Crippen LogP contribution in [0.15, 0.2) is 12.2 Å². The molecule has 2 heterocycles. The molecule has 3 nitrogen and oxygen atoms in total. The van der Waals surface area contributed by atoms with E-state index in [0.717, 1.165) is 5.57 Å². The summed E-state index contributed by atoms with van der Waals surface area (Å²) in [5.74, 6) is -0.323. The van der Waals surface area contributed by atoms with Gasteiger partial charge in [0.25, 0.3) is 0 Å². The van der Waals surface area contributed by atoms with Crippen LogP contribution in [0.1, 0.15) is 12.8 Å². The Bertz CT molecular complexity index is 292. The van der Waals surface area contributed by atoms with E-state index in [1.165, 1.54) is 7.11 Å². The molecule has 0 amide bonds. The summed E-state index contributed by atoms with van der Waals surface area (Å²) < 4.78 is 18.0. The Kier molecular flexibility index (Phi) is 2.10. The monoisotopic (exact) mass is 199 g/mol. The first kappa shape index (κ1) is 9.65. The van der Waals surface area contributed by atoms with Crippen LogP contribution in [0.2, 0.25) is 0 Å². The summed E-state index contributed by atoms with van der Waals surface area (Å²) in [5, 5.41) is 0. The zero-order valence-electron chi connectivity index (χ0n) is 8.25. The minimum Gasteiger partial charge on any atom is -0.468 e. The van der Waals surface area contributed by atoms with E-state index in [4.69, 9.17) is 4.74 Å². The topological polar surface area (TPSA) is 29.5 Å². The highest BCUT2D eigenvalue weighted by molar-refractivity contribution is 5.82. The van der Waals surface area contributed by atoms with Gasteiger partial charge in [-0.3, -0.25) is 9.69 Å². The molecule has 0 aromatic rings. The third kappa shape index (κ3) is 1.17. The summed E-state index contributed by atoms with van der Waals surface area (Å²) >= 11 is 0. The first-order chi connectivity index (χ1) is 6.58. The maximum Gasteiger partial charge on any atom is 0.326 e. The average molecular weight is 199 g/mol. The minimum absolute atomic E-state index is 0.249. The molecule has 2 fully saturated rings. The van der Waals surface area contributed by atoms with E-state index in [1.54, 1.807) is 0 Å². The fraction of sp³-hybridized carbons (Fsp3) is 0.700. The van der Waals surface area contributed by atoms with Gasteiger partial charge in [-0.05, 0) is 6.42 Å². The van der Waals surface area contributed by atoms with E-state index in [1.807, 2.05) is 4.90 Å². The van der Waals surface area contributed by atoms with Crippen molar-refractivity contribution >= 4 is 5.97 Å². The van der Waals surface area contributed by atoms with Crippen LogP contribution in [0, 0.1) is 0 Å². The van der Waals surface area contributed by atoms with Gasteiger partial charge in [-0.15, -0.1) is 0 Å². The van der Waals surface area contributed by atoms with Crippen molar-refractivity contribution in [3.63, 3.8) is 0 Å². The molecule has 78 valence electrons. The number of hydrogen-bond donors (Lipinski definition) is 0. The van der Waals surface area contributed by atoms with Crippen LogP contribution in [0.3, 0.4) is 0 Å². The van der Waals surface area contributed by atoms with Crippen molar-refractivity contribution in [2.75, 3.05) is 20.2 Å². The second-order valence-corrected chi connectivity index (χ2v) is 4.13. The minimum atomic E-state index is -0.915. The van der Waals surface area contributed by atoms with E-state index in [-0.39, 0.29) is 12.4 Å². The second kappa shape index (κ2) is 3.05. The number of halogens is 1. The van der Waals surface area contributed by atoms with Gasteiger partial charge >= 0.3 is 5.97 Å². The van der Waals surface area contributed by atoms with Gasteiger partial charge in [0, 0.05) is 19.5 Å². The van der Waals surface area contributed by atoms with Gasteiger partial charge in [0.15, 0.2) is 0 Å². The number of esters is 1. The number of carbonyl (C=O) groups excluding carboxylic acids is 1. The van der Waals surface area contributed by atoms with Crippen LogP contribution in [0.5, 0.6) is 0 Å². The largest absolute Gasteiger partial charge is 0.468 e. The van der Waals surface area contributed by atoms with E-state index in [0.29, 0.717) is 19.5 Å². The van der Waals surface area contributed by atoms with Gasteiger partial charge in [-0.25, -0.2) is 4.39 Å². The quantitative estimate of drug-likeness (QED) is 0.464. The predicted molar refractivity (Wildman–Crippen MR) is 49.6 cm³/mol. The lowest BCUT2D eigenvalue weighted by molar-refractivity contribution is -0.151. The van der Waals surface area contributed by atoms with Crippen molar-refractivity contribution in [1.29, 1.82) is 0 Å². The predicted octanol–water partition coefficient (Wildman–Crippen LogP) is 0.902. The highest BCUT2D eigenvalue weighted by atomic mass is 19.1. The van der Waals surface area contributed by atoms with Crippen molar-refractivity contribution in [3.05, 3.63) is 12.2 Å². The zero-order chi connectivity index (χ0) is 10.3. The Balaban J connectivity index is 2.29. The van der Waals surface area contributed by atoms with Crippen LogP contribution in [-0.4, -0.2) is 42.8 Å². The first-order valence-corrected chi connectivity index (χ1v) is 4.73. The summed E-state index contributed by atoms with van der Waals surface area (Å²) in [6.07, 6.45) is -0.124. The lowest BCUT2D eigenvalue weighted by Crippen LogP contribution is -2.46. The van der Waals surface area contributed by atoms with Gasteiger partial charge in [-0.2, -0.15) is 0 Å². The third-order valence-corrected chi connectivity index (χ3v) is 3.11. The fourth-order valence-corrected chi connectivity index (χ4v) is 2.59. The summed E-state index contributed by atoms with van der Waals surface area (Å²) in [6, 6.07) is 0. The summed E-state index contributed by atoms with van der Waals surface area (Å²) in [6.45, 7) is 4.80. The number of methoxy groups -OCH3 is 1. The molecule has 0 aromatic carbocycles. The summed E-state index contributed by atoms with van der Waals surface area (Å²) in [5.41, 5.74) is 0.243. The number of carbonyl (C=O) groups is 1. The molecule has 2 aliphatic rings. The molecule has 0 unspecified atom stereocenters. The molecule has 0 bridgehead atoms. The highest BCUT2D eigenvalue weighted by Gasteiger charge is 2.55. The van der Waals surface area contributed by atoms with Crippen molar-refractivity contribution in [2.45, 2.75) is 24.6 Å². The SMILES string of the molecule is C=C1CN2C[C@H](F)C[C@]2(C(=O)OC)C1. The highest BCUT2D eigenvalue weighted by Crippen LogP contribution is 2.42. The number of hydrogen-bond acceptors (Lipinski definition) is 3. The molecule has 0 spiro atoms. The van der Waals surface area contributed by atoms with Crippen molar-refractivity contribution in [3.8, 4) is 0 Å². The smallest absolute Gasteiger partial charge is 0.326 e. The molecule has 0 aromatic heterocycles. The number of nitrogens with zero attached hydrogens (tertiary/aromatic N) is 1.